The molecule has 1 saturated carbocycles. The Balaban J connectivity index is 1.47. The standard InChI is InChI=1S/C20H30N6/c1-2-8-19(20-21-22-23-26(20)18-11-6-7-12-18)25-15-13-24(14-16-25)17-9-4-3-5-10-17/h3-5,9-10,18-19H,2,6-8,11-16H2,1H3. The summed E-state index contributed by atoms with van der Waals surface area (Å²) in [5, 5.41) is 12.9. The minimum Gasteiger partial charge on any atom is -0.369 e. The summed E-state index contributed by atoms with van der Waals surface area (Å²) in [5.41, 5.74) is 1.33. The van der Waals surface area contributed by atoms with Crippen LogP contribution in [0.1, 0.15) is 63.4 Å². The second kappa shape index (κ2) is 8.16. The number of tetrazole rings is 1. The van der Waals surface area contributed by atoms with Crippen LogP contribution in [0.2, 0.25) is 0 Å². The Labute approximate surface area is 156 Å². The molecule has 1 aromatic carbocycles. The average molecular weight is 355 g/mol. The third kappa shape index (κ3) is 3.61. The fourth-order valence-corrected chi connectivity index (χ4v) is 4.51. The Morgan fingerprint density at radius 2 is 1.77 bits per heavy atom. The van der Waals surface area contributed by atoms with Crippen LogP contribution < -0.4 is 4.90 Å². The highest BCUT2D eigenvalue weighted by Crippen LogP contribution is 2.33. The van der Waals surface area contributed by atoms with Crippen LogP contribution >= 0.6 is 0 Å². The molecule has 2 aromatic rings. The van der Waals surface area contributed by atoms with Gasteiger partial charge in [0.05, 0.1) is 12.1 Å². The van der Waals surface area contributed by atoms with Crippen molar-refractivity contribution in [2.45, 2.75) is 57.5 Å². The van der Waals surface area contributed by atoms with Gasteiger partial charge in [-0.15, -0.1) is 5.10 Å². The van der Waals surface area contributed by atoms with E-state index in [2.05, 4.69) is 67.3 Å². The third-order valence-corrected chi connectivity index (χ3v) is 5.93. The maximum Gasteiger partial charge on any atom is 0.168 e. The van der Waals surface area contributed by atoms with E-state index in [1.807, 2.05) is 0 Å². The van der Waals surface area contributed by atoms with E-state index in [-0.39, 0.29) is 0 Å². The van der Waals surface area contributed by atoms with E-state index >= 15 is 0 Å². The molecule has 0 bridgehead atoms. The van der Waals surface area contributed by atoms with Crippen molar-refractivity contribution in [3.8, 4) is 0 Å². The number of nitrogens with zero attached hydrogens (tertiary/aromatic N) is 6. The van der Waals surface area contributed by atoms with Gasteiger partial charge in [-0.05, 0) is 41.8 Å². The number of anilines is 1. The van der Waals surface area contributed by atoms with Crippen LogP contribution in [0, 0.1) is 0 Å². The normalized spacial score (nSPS) is 20.6. The van der Waals surface area contributed by atoms with Crippen molar-refractivity contribution < 1.29 is 0 Å². The molecule has 1 unspecified atom stereocenters. The highest BCUT2D eigenvalue weighted by molar-refractivity contribution is 5.46. The molecule has 6 heteroatoms. The van der Waals surface area contributed by atoms with E-state index in [1.165, 1.54) is 31.4 Å². The van der Waals surface area contributed by atoms with E-state index in [1.54, 1.807) is 0 Å². The van der Waals surface area contributed by atoms with Crippen LogP contribution in [-0.2, 0) is 0 Å². The van der Waals surface area contributed by atoms with Gasteiger partial charge >= 0.3 is 0 Å². The monoisotopic (exact) mass is 354 g/mol. The zero-order chi connectivity index (χ0) is 17.8. The second-order valence-corrected chi connectivity index (χ2v) is 7.58. The molecule has 1 aliphatic heterocycles. The number of hydrogen-bond donors (Lipinski definition) is 0. The minimum atomic E-state index is 0.341. The summed E-state index contributed by atoms with van der Waals surface area (Å²) in [6.07, 6.45) is 7.33. The van der Waals surface area contributed by atoms with Gasteiger partial charge in [-0.1, -0.05) is 44.4 Å². The van der Waals surface area contributed by atoms with Crippen molar-refractivity contribution in [3.63, 3.8) is 0 Å². The average Bonchev–Trinajstić information content (AvgIpc) is 3.38. The van der Waals surface area contributed by atoms with Gasteiger partial charge in [-0.2, -0.15) is 0 Å². The summed E-state index contributed by atoms with van der Waals surface area (Å²) in [4.78, 5) is 5.08. The highest BCUT2D eigenvalue weighted by Gasteiger charge is 2.31. The van der Waals surface area contributed by atoms with Crippen LogP contribution in [0.4, 0.5) is 5.69 Å². The van der Waals surface area contributed by atoms with E-state index in [0.29, 0.717) is 12.1 Å². The SMILES string of the molecule is CCCC(c1nnnn1C1CCCC1)N1CCN(c2ccccc2)CC1. The Morgan fingerprint density at radius 1 is 1.04 bits per heavy atom. The van der Waals surface area contributed by atoms with Gasteiger partial charge in [0.2, 0.25) is 0 Å². The van der Waals surface area contributed by atoms with Gasteiger partial charge < -0.3 is 4.90 Å². The van der Waals surface area contributed by atoms with E-state index in [9.17, 15) is 0 Å². The fraction of sp³-hybridized carbons (Fsp3) is 0.650. The lowest BCUT2D eigenvalue weighted by Gasteiger charge is -2.40. The van der Waals surface area contributed by atoms with Crippen molar-refractivity contribution in [2.75, 3.05) is 31.1 Å². The topological polar surface area (TPSA) is 50.1 Å². The first-order valence-electron chi connectivity index (χ1n) is 10.2. The Morgan fingerprint density at radius 3 is 2.46 bits per heavy atom. The third-order valence-electron chi connectivity index (χ3n) is 5.93. The molecule has 1 aromatic heterocycles. The summed E-state index contributed by atoms with van der Waals surface area (Å²) in [6.45, 7) is 6.52. The molecule has 140 valence electrons. The molecular weight excluding hydrogens is 324 g/mol. The predicted octanol–water partition coefficient (Wildman–Crippen LogP) is 3.45. The number of para-hydroxylation sites is 1. The maximum atomic E-state index is 4.48. The highest BCUT2D eigenvalue weighted by atomic mass is 15.6. The molecule has 0 spiro atoms. The number of hydrogen-bond acceptors (Lipinski definition) is 5. The smallest absolute Gasteiger partial charge is 0.168 e. The first-order valence-corrected chi connectivity index (χ1v) is 10.2. The Hall–Kier alpha value is -1.95. The summed E-state index contributed by atoms with van der Waals surface area (Å²) in [7, 11) is 0. The number of rotatable bonds is 6. The summed E-state index contributed by atoms with van der Waals surface area (Å²) in [6, 6.07) is 11.6. The van der Waals surface area contributed by atoms with E-state index in [4.69, 9.17) is 0 Å². The molecule has 1 atom stereocenters. The lowest BCUT2D eigenvalue weighted by atomic mass is 10.1. The molecule has 0 radical (unpaired) electrons. The molecular formula is C20H30N6. The van der Waals surface area contributed by atoms with Gasteiger partial charge in [-0.3, -0.25) is 4.90 Å². The number of piperazine rings is 1. The van der Waals surface area contributed by atoms with Crippen molar-refractivity contribution in [2.24, 2.45) is 0 Å². The van der Waals surface area contributed by atoms with E-state index < -0.39 is 0 Å². The summed E-state index contributed by atoms with van der Waals surface area (Å²) >= 11 is 0. The minimum absolute atomic E-state index is 0.341. The first kappa shape index (κ1) is 17.5. The van der Waals surface area contributed by atoms with Gasteiger partial charge in [0.25, 0.3) is 0 Å². The van der Waals surface area contributed by atoms with Crippen molar-refractivity contribution in [3.05, 3.63) is 36.2 Å². The summed E-state index contributed by atoms with van der Waals surface area (Å²) in [5.74, 6) is 1.09. The molecule has 4 rings (SSSR count). The molecule has 2 aliphatic rings. The molecule has 0 amide bonds. The molecule has 0 N–H and O–H groups in total. The zero-order valence-electron chi connectivity index (χ0n) is 15.8. The predicted molar refractivity (Wildman–Crippen MR) is 103 cm³/mol. The Bertz CT molecular complexity index is 671. The molecule has 26 heavy (non-hydrogen) atoms. The fourth-order valence-electron chi connectivity index (χ4n) is 4.51. The largest absolute Gasteiger partial charge is 0.369 e. The van der Waals surface area contributed by atoms with Crippen LogP contribution in [0.3, 0.4) is 0 Å². The molecule has 2 heterocycles. The van der Waals surface area contributed by atoms with Crippen molar-refractivity contribution in [1.29, 1.82) is 0 Å². The second-order valence-electron chi connectivity index (χ2n) is 7.58. The summed E-state index contributed by atoms with van der Waals surface area (Å²) < 4.78 is 2.15. The quantitative estimate of drug-likeness (QED) is 0.795. The lowest BCUT2D eigenvalue weighted by Crippen LogP contribution is -2.48. The van der Waals surface area contributed by atoms with Crippen LogP contribution in [0.5, 0.6) is 0 Å². The van der Waals surface area contributed by atoms with Crippen LogP contribution in [0.25, 0.3) is 0 Å². The molecule has 6 nitrogen and oxygen atoms in total. The Kier molecular flexibility index (Phi) is 5.48. The van der Waals surface area contributed by atoms with Crippen molar-refractivity contribution >= 4 is 5.69 Å². The maximum absolute atomic E-state index is 4.48. The molecule has 1 aliphatic carbocycles. The lowest BCUT2D eigenvalue weighted by molar-refractivity contribution is 0.161. The van der Waals surface area contributed by atoms with Gasteiger partial charge in [-0.25, -0.2) is 4.68 Å². The van der Waals surface area contributed by atoms with Gasteiger partial charge in [0.1, 0.15) is 0 Å². The molecule has 1 saturated heterocycles. The molecule has 2 fully saturated rings. The van der Waals surface area contributed by atoms with Crippen LogP contribution in [-0.4, -0.2) is 51.3 Å². The number of aromatic nitrogens is 4. The van der Waals surface area contributed by atoms with Crippen molar-refractivity contribution in [1.82, 2.24) is 25.1 Å². The first-order chi connectivity index (χ1) is 12.9. The zero-order valence-corrected chi connectivity index (χ0v) is 15.8. The number of benzene rings is 1. The van der Waals surface area contributed by atoms with E-state index in [0.717, 1.165) is 44.8 Å². The van der Waals surface area contributed by atoms with Gasteiger partial charge in [0, 0.05) is 31.9 Å². The van der Waals surface area contributed by atoms with Gasteiger partial charge in [0.15, 0.2) is 5.82 Å². The van der Waals surface area contributed by atoms with Crippen LogP contribution in [0.15, 0.2) is 30.3 Å².